The second kappa shape index (κ2) is 8.59. The number of rotatable bonds is 7. The lowest BCUT2D eigenvalue weighted by Gasteiger charge is -2.46. The Balaban J connectivity index is 1.43. The van der Waals surface area contributed by atoms with Gasteiger partial charge in [-0.2, -0.15) is 5.10 Å². The molecule has 6 nitrogen and oxygen atoms in total. The fourth-order valence-corrected chi connectivity index (χ4v) is 4.66. The minimum Gasteiger partial charge on any atom is -0.380 e. The van der Waals surface area contributed by atoms with Crippen molar-refractivity contribution in [1.82, 2.24) is 19.7 Å². The van der Waals surface area contributed by atoms with E-state index in [1.165, 1.54) is 5.39 Å². The van der Waals surface area contributed by atoms with E-state index in [1.54, 1.807) is 12.7 Å². The first-order chi connectivity index (χ1) is 14.1. The van der Waals surface area contributed by atoms with E-state index in [-0.39, 0.29) is 23.5 Å². The predicted molar refractivity (Wildman–Crippen MR) is 113 cm³/mol. The SMILES string of the molecule is CO[C@@H]1[C@@H](Cn2cncn2)[C@H](OCCc2ccc3ccccc3n2)CCC1(C)C. The predicted octanol–water partition coefficient (Wildman–Crippen LogP) is 3.91. The summed E-state index contributed by atoms with van der Waals surface area (Å²) < 4.78 is 14.2. The van der Waals surface area contributed by atoms with Gasteiger partial charge in [0.25, 0.3) is 0 Å². The number of nitrogens with zero attached hydrogens (tertiary/aromatic N) is 4. The molecular weight excluding hydrogens is 364 g/mol. The molecule has 1 aliphatic rings. The molecule has 1 fully saturated rings. The van der Waals surface area contributed by atoms with Crippen LogP contribution < -0.4 is 0 Å². The van der Waals surface area contributed by atoms with E-state index < -0.39 is 0 Å². The molecule has 154 valence electrons. The standard InChI is InChI=1S/C23H30N4O2/c1-23(2)12-10-21(19(22(23)28-3)14-27-16-24-15-25-27)29-13-11-18-9-8-17-6-4-5-7-20(17)26-18/h4-9,15-16,19,21-22H,10-14H2,1-3H3/t19-,21+,22+/m0/s1. The first-order valence-corrected chi connectivity index (χ1v) is 10.4. The molecule has 2 aromatic heterocycles. The molecule has 0 spiro atoms. The number of aromatic nitrogens is 4. The summed E-state index contributed by atoms with van der Waals surface area (Å²) >= 11 is 0. The second-order valence-corrected chi connectivity index (χ2v) is 8.62. The highest BCUT2D eigenvalue weighted by molar-refractivity contribution is 5.78. The Labute approximate surface area is 172 Å². The van der Waals surface area contributed by atoms with Gasteiger partial charge in [-0.05, 0) is 30.4 Å². The summed E-state index contributed by atoms with van der Waals surface area (Å²) in [6, 6.07) is 12.4. The number of para-hydroxylation sites is 1. The Bertz CT molecular complexity index is 926. The molecule has 0 unspecified atom stereocenters. The van der Waals surface area contributed by atoms with Crippen LogP contribution in [0.25, 0.3) is 10.9 Å². The summed E-state index contributed by atoms with van der Waals surface area (Å²) in [6.07, 6.45) is 6.51. The van der Waals surface area contributed by atoms with Crippen LogP contribution in [-0.4, -0.2) is 45.7 Å². The van der Waals surface area contributed by atoms with E-state index in [1.807, 2.05) is 23.9 Å². The number of ether oxygens (including phenoxy) is 2. The van der Waals surface area contributed by atoms with E-state index in [4.69, 9.17) is 14.5 Å². The molecule has 3 aromatic rings. The van der Waals surface area contributed by atoms with Crippen molar-refractivity contribution in [2.75, 3.05) is 13.7 Å². The molecule has 29 heavy (non-hydrogen) atoms. The van der Waals surface area contributed by atoms with E-state index >= 15 is 0 Å². The van der Waals surface area contributed by atoms with Crippen molar-refractivity contribution in [3.8, 4) is 0 Å². The van der Waals surface area contributed by atoms with Crippen molar-refractivity contribution in [2.24, 2.45) is 11.3 Å². The van der Waals surface area contributed by atoms with Crippen molar-refractivity contribution in [2.45, 2.75) is 51.9 Å². The van der Waals surface area contributed by atoms with Gasteiger partial charge in [0.1, 0.15) is 12.7 Å². The first kappa shape index (κ1) is 20.0. The maximum atomic E-state index is 6.40. The van der Waals surface area contributed by atoms with Crippen LogP contribution >= 0.6 is 0 Å². The monoisotopic (exact) mass is 394 g/mol. The summed E-state index contributed by atoms with van der Waals surface area (Å²) in [4.78, 5) is 8.85. The third-order valence-corrected chi connectivity index (χ3v) is 6.17. The lowest BCUT2D eigenvalue weighted by Crippen LogP contribution is -2.50. The topological polar surface area (TPSA) is 62.1 Å². The summed E-state index contributed by atoms with van der Waals surface area (Å²) in [7, 11) is 1.81. The fourth-order valence-electron chi connectivity index (χ4n) is 4.66. The largest absolute Gasteiger partial charge is 0.380 e. The summed E-state index contributed by atoms with van der Waals surface area (Å²) in [5.74, 6) is 0.231. The maximum Gasteiger partial charge on any atom is 0.137 e. The quantitative estimate of drug-likeness (QED) is 0.608. The molecule has 2 heterocycles. The van der Waals surface area contributed by atoms with Gasteiger partial charge < -0.3 is 9.47 Å². The fraction of sp³-hybridized carbons (Fsp3) is 0.522. The van der Waals surface area contributed by atoms with Gasteiger partial charge in [0.05, 0.1) is 30.9 Å². The number of methoxy groups -OCH3 is 1. The van der Waals surface area contributed by atoms with Crippen LogP contribution in [0.2, 0.25) is 0 Å². The molecule has 0 amide bonds. The average molecular weight is 395 g/mol. The van der Waals surface area contributed by atoms with Crippen LogP contribution in [-0.2, 0) is 22.4 Å². The number of hydrogen-bond acceptors (Lipinski definition) is 5. The number of hydrogen-bond donors (Lipinski definition) is 0. The Morgan fingerprint density at radius 2 is 2.03 bits per heavy atom. The first-order valence-electron chi connectivity index (χ1n) is 10.4. The molecule has 6 heteroatoms. The Morgan fingerprint density at radius 3 is 2.83 bits per heavy atom. The van der Waals surface area contributed by atoms with Crippen LogP contribution in [0.5, 0.6) is 0 Å². The molecule has 0 N–H and O–H groups in total. The van der Waals surface area contributed by atoms with E-state index in [0.717, 1.165) is 37.0 Å². The highest BCUT2D eigenvalue weighted by atomic mass is 16.5. The van der Waals surface area contributed by atoms with Crippen molar-refractivity contribution in [3.63, 3.8) is 0 Å². The van der Waals surface area contributed by atoms with Crippen molar-refractivity contribution >= 4 is 10.9 Å². The molecule has 3 atom stereocenters. The van der Waals surface area contributed by atoms with Crippen LogP contribution in [0.4, 0.5) is 0 Å². The lowest BCUT2D eigenvalue weighted by molar-refractivity contribution is -0.136. The summed E-state index contributed by atoms with van der Waals surface area (Å²) in [5.41, 5.74) is 2.21. The zero-order valence-electron chi connectivity index (χ0n) is 17.5. The zero-order chi connectivity index (χ0) is 20.3. The van der Waals surface area contributed by atoms with Gasteiger partial charge in [-0.1, -0.05) is 38.1 Å². The lowest BCUT2D eigenvalue weighted by atomic mass is 9.68. The number of pyridine rings is 1. The molecule has 4 rings (SSSR count). The van der Waals surface area contributed by atoms with Gasteiger partial charge in [0.15, 0.2) is 0 Å². The summed E-state index contributed by atoms with van der Waals surface area (Å²) in [5, 5.41) is 5.47. The van der Waals surface area contributed by atoms with Crippen LogP contribution in [0, 0.1) is 11.3 Å². The number of benzene rings is 1. The van der Waals surface area contributed by atoms with Crippen LogP contribution in [0.15, 0.2) is 49.1 Å². The second-order valence-electron chi connectivity index (χ2n) is 8.62. The van der Waals surface area contributed by atoms with E-state index in [0.29, 0.717) is 6.61 Å². The average Bonchev–Trinajstić information content (AvgIpc) is 3.23. The molecular formula is C23H30N4O2. The molecule has 1 aliphatic carbocycles. The maximum absolute atomic E-state index is 6.40. The van der Waals surface area contributed by atoms with Crippen molar-refractivity contribution < 1.29 is 9.47 Å². The third kappa shape index (κ3) is 4.49. The van der Waals surface area contributed by atoms with Crippen molar-refractivity contribution in [1.29, 1.82) is 0 Å². The smallest absolute Gasteiger partial charge is 0.137 e. The van der Waals surface area contributed by atoms with Gasteiger partial charge in [-0.25, -0.2) is 4.98 Å². The van der Waals surface area contributed by atoms with Gasteiger partial charge in [0, 0.05) is 30.5 Å². The van der Waals surface area contributed by atoms with Gasteiger partial charge in [0.2, 0.25) is 0 Å². The van der Waals surface area contributed by atoms with E-state index in [2.05, 4.69) is 48.2 Å². The van der Waals surface area contributed by atoms with Crippen molar-refractivity contribution in [3.05, 3.63) is 54.7 Å². The Morgan fingerprint density at radius 1 is 1.17 bits per heavy atom. The normalized spacial score (nSPS) is 24.0. The minimum atomic E-state index is 0.111. The molecule has 0 radical (unpaired) electrons. The Hall–Kier alpha value is -2.31. The molecule has 0 bridgehead atoms. The zero-order valence-corrected chi connectivity index (χ0v) is 17.5. The minimum absolute atomic E-state index is 0.111. The Kier molecular flexibility index (Phi) is 5.92. The molecule has 1 saturated carbocycles. The van der Waals surface area contributed by atoms with Crippen LogP contribution in [0.1, 0.15) is 32.4 Å². The molecule has 0 aliphatic heterocycles. The van der Waals surface area contributed by atoms with Crippen LogP contribution in [0.3, 0.4) is 0 Å². The number of fused-ring (bicyclic) bond motifs is 1. The third-order valence-electron chi connectivity index (χ3n) is 6.17. The summed E-state index contributed by atoms with van der Waals surface area (Å²) in [6.45, 7) is 5.97. The van der Waals surface area contributed by atoms with Gasteiger partial charge in [-0.15, -0.1) is 0 Å². The van der Waals surface area contributed by atoms with Gasteiger partial charge >= 0.3 is 0 Å². The molecule has 1 aromatic carbocycles. The highest BCUT2D eigenvalue weighted by Gasteiger charge is 2.45. The van der Waals surface area contributed by atoms with Gasteiger partial charge in [-0.3, -0.25) is 9.67 Å². The highest BCUT2D eigenvalue weighted by Crippen LogP contribution is 2.42. The van der Waals surface area contributed by atoms with E-state index in [9.17, 15) is 0 Å². The molecule has 0 saturated heterocycles.